The van der Waals surface area contributed by atoms with Gasteiger partial charge in [0.05, 0.1) is 6.04 Å². The maximum atomic E-state index is 12.2. The van der Waals surface area contributed by atoms with Crippen LogP contribution < -0.4 is 10.6 Å². The predicted molar refractivity (Wildman–Crippen MR) is 84.0 cm³/mol. The second kappa shape index (κ2) is 8.67. The Kier molecular flexibility index (Phi) is 6.54. The Morgan fingerprint density at radius 3 is 2.57 bits per heavy atom. The molecule has 0 spiro atoms. The summed E-state index contributed by atoms with van der Waals surface area (Å²) in [6.07, 6.45) is 7.29. The molecule has 0 radical (unpaired) electrons. The van der Waals surface area contributed by atoms with Crippen molar-refractivity contribution in [1.82, 2.24) is 10.6 Å². The first-order chi connectivity index (χ1) is 10.3. The lowest BCUT2D eigenvalue weighted by Gasteiger charge is -2.25. The van der Waals surface area contributed by atoms with E-state index in [0.29, 0.717) is 12.5 Å². The number of aliphatic hydroxyl groups excluding tert-OH is 1. The van der Waals surface area contributed by atoms with Crippen molar-refractivity contribution >= 4 is 6.03 Å². The Morgan fingerprint density at radius 2 is 1.90 bits per heavy atom. The Hall–Kier alpha value is -1.55. The van der Waals surface area contributed by atoms with Crippen LogP contribution in [0.25, 0.3) is 0 Å². The zero-order chi connectivity index (χ0) is 14.9. The number of carbonyl (C=O) groups excluding carboxylic acids is 1. The fourth-order valence-corrected chi connectivity index (χ4v) is 2.94. The summed E-state index contributed by atoms with van der Waals surface area (Å²) in [6, 6.07) is 10.1. The lowest BCUT2D eigenvalue weighted by molar-refractivity contribution is 0.225. The van der Waals surface area contributed by atoms with Crippen molar-refractivity contribution in [3.8, 4) is 0 Å². The average Bonchev–Trinajstić information content (AvgIpc) is 2.53. The number of benzene rings is 1. The zero-order valence-electron chi connectivity index (χ0n) is 12.6. The molecule has 0 bridgehead atoms. The van der Waals surface area contributed by atoms with E-state index in [1.165, 1.54) is 19.3 Å². The number of carbonyl (C=O) groups is 1. The summed E-state index contributed by atoms with van der Waals surface area (Å²) in [6.45, 7) is 0.148. The van der Waals surface area contributed by atoms with Gasteiger partial charge in [0.2, 0.25) is 0 Å². The number of urea groups is 1. The third-order valence-electron chi connectivity index (χ3n) is 4.10. The molecule has 0 aliphatic heterocycles. The highest BCUT2D eigenvalue weighted by Gasteiger charge is 2.18. The van der Waals surface area contributed by atoms with Crippen LogP contribution in [-0.4, -0.2) is 23.8 Å². The minimum absolute atomic E-state index is 0.0399. The van der Waals surface area contributed by atoms with E-state index in [-0.39, 0.29) is 18.7 Å². The zero-order valence-corrected chi connectivity index (χ0v) is 12.6. The van der Waals surface area contributed by atoms with Gasteiger partial charge in [-0.3, -0.25) is 0 Å². The minimum Gasteiger partial charge on any atom is -0.396 e. The van der Waals surface area contributed by atoms with Gasteiger partial charge in [0.15, 0.2) is 0 Å². The average molecular weight is 290 g/mol. The van der Waals surface area contributed by atoms with E-state index in [4.69, 9.17) is 5.11 Å². The summed E-state index contributed by atoms with van der Waals surface area (Å²) in [5.74, 6) is 0. The number of nitrogens with one attached hydrogen (secondary N) is 2. The van der Waals surface area contributed by atoms with Gasteiger partial charge in [-0.05, 0) is 31.2 Å². The summed E-state index contributed by atoms with van der Waals surface area (Å²) >= 11 is 0. The van der Waals surface area contributed by atoms with Gasteiger partial charge in [0.1, 0.15) is 0 Å². The molecular weight excluding hydrogens is 264 g/mol. The molecule has 2 amide bonds. The fraction of sp³-hybridized carbons (Fsp3) is 0.588. The SMILES string of the molecule is O=C(NC1CCCCC1)NC(CCCO)c1ccccc1. The number of hydrogen-bond acceptors (Lipinski definition) is 2. The molecule has 0 aromatic heterocycles. The molecule has 0 saturated heterocycles. The highest BCUT2D eigenvalue weighted by Crippen LogP contribution is 2.19. The highest BCUT2D eigenvalue weighted by atomic mass is 16.3. The third-order valence-corrected chi connectivity index (χ3v) is 4.10. The number of hydrogen-bond donors (Lipinski definition) is 3. The molecule has 116 valence electrons. The quantitative estimate of drug-likeness (QED) is 0.754. The van der Waals surface area contributed by atoms with E-state index in [2.05, 4.69) is 10.6 Å². The van der Waals surface area contributed by atoms with E-state index in [9.17, 15) is 4.79 Å². The predicted octanol–water partition coefficient (Wildman–Crippen LogP) is 3.13. The van der Waals surface area contributed by atoms with Crippen molar-refractivity contribution in [2.45, 2.75) is 57.0 Å². The first-order valence-electron chi connectivity index (χ1n) is 8.02. The van der Waals surface area contributed by atoms with Crippen molar-refractivity contribution < 1.29 is 9.90 Å². The Balaban J connectivity index is 1.89. The maximum absolute atomic E-state index is 12.2. The summed E-state index contributed by atoms with van der Waals surface area (Å²) in [5.41, 5.74) is 1.09. The van der Waals surface area contributed by atoms with Crippen LogP contribution in [-0.2, 0) is 0 Å². The molecule has 1 unspecified atom stereocenters. The van der Waals surface area contributed by atoms with Crippen LogP contribution in [0.4, 0.5) is 4.79 Å². The first-order valence-corrected chi connectivity index (χ1v) is 8.02. The van der Waals surface area contributed by atoms with Gasteiger partial charge < -0.3 is 15.7 Å². The molecule has 21 heavy (non-hydrogen) atoms. The van der Waals surface area contributed by atoms with Gasteiger partial charge in [0.25, 0.3) is 0 Å². The van der Waals surface area contributed by atoms with Gasteiger partial charge in [0, 0.05) is 12.6 Å². The van der Waals surface area contributed by atoms with E-state index in [0.717, 1.165) is 24.8 Å². The monoisotopic (exact) mass is 290 g/mol. The van der Waals surface area contributed by atoms with Crippen LogP contribution in [0.15, 0.2) is 30.3 Å². The molecule has 4 nitrogen and oxygen atoms in total. The van der Waals surface area contributed by atoms with E-state index in [1.807, 2.05) is 30.3 Å². The van der Waals surface area contributed by atoms with Crippen LogP contribution in [0.1, 0.15) is 56.6 Å². The Labute approximate surface area is 126 Å². The molecule has 0 heterocycles. The van der Waals surface area contributed by atoms with E-state index in [1.54, 1.807) is 0 Å². The van der Waals surface area contributed by atoms with Gasteiger partial charge >= 0.3 is 6.03 Å². The highest BCUT2D eigenvalue weighted by molar-refractivity contribution is 5.74. The molecule has 3 N–H and O–H groups in total. The summed E-state index contributed by atoms with van der Waals surface area (Å²) in [4.78, 5) is 12.2. The third kappa shape index (κ3) is 5.38. The Bertz CT molecular complexity index is 416. The second-order valence-corrected chi connectivity index (χ2v) is 5.78. The van der Waals surface area contributed by atoms with Gasteiger partial charge in [-0.1, -0.05) is 49.6 Å². The molecule has 1 aliphatic rings. The van der Waals surface area contributed by atoms with Crippen LogP contribution in [0.2, 0.25) is 0 Å². The van der Waals surface area contributed by atoms with Gasteiger partial charge in [-0.2, -0.15) is 0 Å². The summed E-state index contributed by atoms with van der Waals surface area (Å²) in [5, 5.41) is 15.2. The molecule has 1 fully saturated rings. The van der Waals surface area contributed by atoms with Gasteiger partial charge in [-0.15, -0.1) is 0 Å². The molecule has 1 atom stereocenters. The van der Waals surface area contributed by atoms with Crippen molar-refractivity contribution in [2.24, 2.45) is 0 Å². The van der Waals surface area contributed by atoms with Crippen molar-refractivity contribution in [3.05, 3.63) is 35.9 Å². The lowest BCUT2D eigenvalue weighted by atomic mass is 9.96. The Morgan fingerprint density at radius 1 is 1.19 bits per heavy atom. The summed E-state index contributed by atoms with van der Waals surface area (Å²) in [7, 11) is 0. The van der Waals surface area contributed by atoms with Crippen molar-refractivity contribution in [3.63, 3.8) is 0 Å². The smallest absolute Gasteiger partial charge is 0.315 e. The normalized spacial score (nSPS) is 17.2. The van der Waals surface area contributed by atoms with Gasteiger partial charge in [-0.25, -0.2) is 4.79 Å². The minimum atomic E-state index is -0.0892. The van der Waals surface area contributed by atoms with E-state index >= 15 is 0 Å². The van der Waals surface area contributed by atoms with Crippen LogP contribution in [0.3, 0.4) is 0 Å². The lowest BCUT2D eigenvalue weighted by Crippen LogP contribution is -2.44. The molecule has 1 aromatic rings. The van der Waals surface area contributed by atoms with E-state index < -0.39 is 0 Å². The topological polar surface area (TPSA) is 61.4 Å². The largest absolute Gasteiger partial charge is 0.396 e. The fourth-order valence-electron chi connectivity index (χ4n) is 2.94. The number of amides is 2. The van der Waals surface area contributed by atoms with Crippen LogP contribution >= 0.6 is 0 Å². The molecule has 1 saturated carbocycles. The number of rotatable bonds is 6. The van der Waals surface area contributed by atoms with Crippen molar-refractivity contribution in [1.29, 1.82) is 0 Å². The molecule has 1 aliphatic carbocycles. The first kappa shape index (κ1) is 15.8. The van der Waals surface area contributed by atoms with Crippen LogP contribution in [0.5, 0.6) is 0 Å². The molecule has 2 rings (SSSR count). The number of aliphatic hydroxyl groups is 1. The van der Waals surface area contributed by atoms with Crippen molar-refractivity contribution in [2.75, 3.05) is 6.61 Å². The summed E-state index contributed by atoms with van der Waals surface area (Å²) < 4.78 is 0. The molecule has 4 heteroatoms. The standard InChI is InChI=1S/C17H26N2O2/c20-13-7-12-16(14-8-3-1-4-9-14)19-17(21)18-15-10-5-2-6-11-15/h1,3-4,8-9,15-16,20H,2,5-7,10-13H2,(H2,18,19,21). The van der Waals surface area contributed by atoms with Crippen LogP contribution in [0, 0.1) is 0 Å². The second-order valence-electron chi connectivity index (χ2n) is 5.78. The molecule has 1 aromatic carbocycles. The maximum Gasteiger partial charge on any atom is 0.315 e. The molecular formula is C17H26N2O2.